The van der Waals surface area contributed by atoms with Gasteiger partial charge in [0.2, 0.25) is 0 Å². The van der Waals surface area contributed by atoms with Crippen LogP contribution in [0.15, 0.2) is 41.5 Å². The maximum Gasteiger partial charge on any atom is 0.306 e. The van der Waals surface area contributed by atoms with Crippen LogP contribution >= 0.6 is 0 Å². The van der Waals surface area contributed by atoms with E-state index < -0.39 is 0 Å². The van der Waals surface area contributed by atoms with Gasteiger partial charge in [-0.1, -0.05) is 93.7 Å². The van der Waals surface area contributed by atoms with Gasteiger partial charge in [0.25, 0.3) is 0 Å². The molecular formula is C37H58O5. The summed E-state index contributed by atoms with van der Waals surface area (Å²) >= 11 is 0. The molecule has 0 unspecified atom stereocenters. The Morgan fingerprint density at radius 3 is 2.02 bits per heavy atom. The fourth-order valence-corrected chi connectivity index (χ4v) is 4.92. The molecule has 0 aliphatic rings. The number of rotatable bonds is 24. The number of aromatic hydroxyl groups is 1. The Morgan fingerprint density at radius 1 is 0.810 bits per heavy atom. The van der Waals surface area contributed by atoms with Crippen LogP contribution in [0.2, 0.25) is 0 Å². The molecule has 0 bridgehead atoms. The number of phenols is 1. The van der Waals surface area contributed by atoms with Crippen LogP contribution in [0.3, 0.4) is 0 Å². The average molecular weight is 583 g/mol. The molecule has 236 valence electrons. The molecule has 0 atom stereocenters. The number of carbonyl (C=O) groups excluding carboxylic acids is 2. The Labute approximate surface area is 256 Å². The van der Waals surface area contributed by atoms with E-state index in [4.69, 9.17) is 9.47 Å². The Balaban J connectivity index is 2.43. The lowest BCUT2D eigenvalue weighted by Crippen LogP contribution is -2.08. The number of ether oxygens (including phenoxy) is 2. The van der Waals surface area contributed by atoms with E-state index in [9.17, 15) is 14.7 Å². The Kier molecular flexibility index (Phi) is 21.0. The second-order valence-electron chi connectivity index (χ2n) is 11.7. The highest BCUT2D eigenvalue weighted by Gasteiger charge is 2.19. The van der Waals surface area contributed by atoms with Gasteiger partial charge in [0.1, 0.15) is 18.1 Å². The second-order valence-corrected chi connectivity index (χ2v) is 11.7. The number of hydrogen-bond donors (Lipinski definition) is 1. The predicted octanol–water partition coefficient (Wildman–Crippen LogP) is 10.5. The van der Waals surface area contributed by atoms with E-state index in [1.807, 2.05) is 0 Å². The van der Waals surface area contributed by atoms with E-state index >= 15 is 0 Å². The van der Waals surface area contributed by atoms with Crippen molar-refractivity contribution in [3.63, 3.8) is 0 Å². The van der Waals surface area contributed by atoms with E-state index in [0.717, 1.165) is 38.5 Å². The van der Waals surface area contributed by atoms with Gasteiger partial charge in [-0.25, -0.2) is 0 Å². The maximum atomic E-state index is 12.4. The average Bonchev–Trinajstić information content (AvgIpc) is 2.97. The molecule has 0 heterocycles. The molecule has 0 aliphatic carbocycles. The van der Waals surface area contributed by atoms with Gasteiger partial charge in [-0.05, 0) is 78.2 Å². The quantitative estimate of drug-likeness (QED) is 0.0568. The monoisotopic (exact) mass is 582 g/mol. The lowest BCUT2D eigenvalue weighted by molar-refractivity contribution is -0.145. The Morgan fingerprint density at radius 2 is 1.43 bits per heavy atom. The smallest absolute Gasteiger partial charge is 0.306 e. The third-order valence-corrected chi connectivity index (χ3v) is 7.62. The van der Waals surface area contributed by atoms with Crippen LogP contribution in [-0.4, -0.2) is 24.5 Å². The van der Waals surface area contributed by atoms with Crippen LogP contribution < -0.4 is 4.74 Å². The Bertz CT molecular complexity index is 998. The lowest BCUT2D eigenvalue weighted by atomic mass is 9.98. The highest BCUT2D eigenvalue weighted by Crippen LogP contribution is 2.35. The zero-order chi connectivity index (χ0) is 31.0. The second kappa shape index (κ2) is 23.7. The number of unbranched alkanes of at least 4 members (excludes halogenated alkanes) is 11. The van der Waals surface area contributed by atoms with Gasteiger partial charge in [-0.2, -0.15) is 0 Å². The van der Waals surface area contributed by atoms with Gasteiger partial charge in [-0.3, -0.25) is 9.59 Å². The largest absolute Gasteiger partial charge is 0.507 e. The minimum atomic E-state index is -0.309. The molecular weight excluding hydrogens is 524 g/mol. The third kappa shape index (κ3) is 16.6. The van der Waals surface area contributed by atoms with Crippen LogP contribution in [0, 0.1) is 0 Å². The first-order chi connectivity index (χ1) is 20.3. The van der Waals surface area contributed by atoms with Crippen molar-refractivity contribution in [1.82, 2.24) is 0 Å². The number of carbonyl (C=O) groups is 2. The van der Waals surface area contributed by atoms with Crippen molar-refractivity contribution in [2.75, 3.05) is 7.11 Å². The van der Waals surface area contributed by atoms with Crippen molar-refractivity contribution in [1.29, 1.82) is 0 Å². The van der Waals surface area contributed by atoms with Crippen LogP contribution in [0.1, 0.15) is 152 Å². The molecule has 42 heavy (non-hydrogen) atoms. The first kappa shape index (κ1) is 37.2. The number of allylic oxidation sites excluding steroid dienone is 6. The van der Waals surface area contributed by atoms with Gasteiger partial charge >= 0.3 is 5.97 Å². The zero-order valence-corrected chi connectivity index (χ0v) is 27.3. The van der Waals surface area contributed by atoms with Gasteiger partial charge in [0, 0.05) is 23.1 Å². The predicted molar refractivity (Wildman–Crippen MR) is 175 cm³/mol. The number of aldehydes is 1. The topological polar surface area (TPSA) is 72.8 Å². The summed E-state index contributed by atoms with van der Waals surface area (Å²) in [5.74, 6) is 0.0983. The number of phenolic OH excluding ortho intramolecular Hbond substituents is 1. The Hall–Kier alpha value is -2.82. The fraction of sp³-hybridized carbons (Fsp3) is 0.622. The number of hydrogen-bond acceptors (Lipinski definition) is 5. The molecule has 0 spiro atoms. The number of esters is 1. The van der Waals surface area contributed by atoms with E-state index in [0.29, 0.717) is 36.0 Å². The molecule has 0 saturated heterocycles. The summed E-state index contributed by atoms with van der Waals surface area (Å²) < 4.78 is 10.9. The van der Waals surface area contributed by atoms with Crippen LogP contribution in [0.5, 0.6) is 11.5 Å². The van der Waals surface area contributed by atoms with Gasteiger partial charge in [-0.15, -0.1) is 0 Å². The number of benzene rings is 1. The molecule has 5 heteroatoms. The van der Waals surface area contributed by atoms with Crippen molar-refractivity contribution < 1.29 is 24.2 Å². The van der Waals surface area contributed by atoms with E-state index in [1.165, 1.54) is 76.0 Å². The SMILES string of the molecule is CCCCCCCC/C=C\CCCCCCCC(=O)OCc1c(C=O)cc(OC)c(C/C=C(\C)CCC=C(C)C)c1O. The molecule has 5 nitrogen and oxygen atoms in total. The molecule has 1 rings (SSSR count). The minimum Gasteiger partial charge on any atom is -0.507 e. The highest BCUT2D eigenvalue weighted by molar-refractivity contribution is 5.81. The van der Waals surface area contributed by atoms with Crippen LogP contribution in [0.4, 0.5) is 0 Å². The minimum absolute atomic E-state index is 0.0429. The van der Waals surface area contributed by atoms with Crippen molar-refractivity contribution in [3.05, 3.63) is 58.2 Å². The highest BCUT2D eigenvalue weighted by atomic mass is 16.5. The summed E-state index contributed by atoms with van der Waals surface area (Å²) in [5.41, 5.74) is 3.69. The molecule has 0 fully saturated rings. The van der Waals surface area contributed by atoms with E-state index in [-0.39, 0.29) is 23.9 Å². The molecule has 0 amide bonds. The maximum absolute atomic E-state index is 12.4. The number of methoxy groups -OCH3 is 1. The third-order valence-electron chi connectivity index (χ3n) is 7.62. The van der Waals surface area contributed by atoms with E-state index in [1.54, 1.807) is 6.07 Å². The molecule has 1 N–H and O–H groups in total. The van der Waals surface area contributed by atoms with Crippen LogP contribution in [0.25, 0.3) is 0 Å². The molecule has 1 aromatic carbocycles. The summed E-state index contributed by atoms with van der Waals surface area (Å²) in [6.45, 7) is 8.36. The zero-order valence-electron chi connectivity index (χ0n) is 27.3. The summed E-state index contributed by atoms with van der Waals surface area (Å²) in [6, 6.07) is 1.61. The van der Waals surface area contributed by atoms with E-state index in [2.05, 4.69) is 52.0 Å². The summed E-state index contributed by atoms with van der Waals surface area (Å²) in [6.07, 6.45) is 27.9. The van der Waals surface area contributed by atoms with Crippen molar-refractivity contribution in [3.8, 4) is 11.5 Å². The first-order valence-electron chi connectivity index (χ1n) is 16.3. The van der Waals surface area contributed by atoms with Crippen molar-refractivity contribution >= 4 is 12.3 Å². The van der Waals surface area contributed by atoms with Gasteiger partial charge in [0.05, 0.1) is 7.11 Å². The summed E-state index contributed by atoms with van der Waals surface area (Å²) in [4.78, 5) is 24.1. The fourth-order valence-electron chi connectivity index (χ4n) is 4.92. The van der Waals surface area contributed by atoms with Crippen molar-refractivity contribution in [2.45, 2.75) is 143 Å². The summed E-state index contributed by atoms with van der Waals surface area (Å²) in [7, 11) is 1.52. The standard InChI is InChI=1S/C37H58O5/c1-6-7-8-9-10-11-12-13-14-15-16-17-18-19-20-24-36(39)42-29-34-32(28-38)27-35(41-5)33(37(34)40)26-25-31(4)23-21-22-30(2)3/h13-14,22,25,27-28,40H,6-12,15-21,23-24,26,29H2,1-5H3/b14-13-,31-25+. The lowest BCUT2D eigenvalue weighted by Gasteiger charge is -2.16. The van der Waals surface area contributed by atoms with Gasteiger partial charge in [0.15, 0.2) is 6.29 Å². The molecule has 0 radical (unpaired) electrons. The molecule has 0 saturated carbocycles. The van der Waals surface area contributed by atoms with Crippen LogP contribution in [-0.2, 0) is 22.6 Å². The normalized spacial score (nSPS) is 11.6. The molecule has 0 aromatic heterocycles. The van der Waals surface area contributed by atoms with Crippen molar-refractivity contribution in [2.24, 2.45) is 0 Å². The molecule has 1 aromatic rings. The molecule has 0 aliphatic heterocycles. The van der Waals surface area contributed by atoms with Gasteiger partial charge < -0.3 is 14.6 Å². The first-order valence-corrected chi connectivity index (χ1v) is 16.3. The summed E-state index contributed by atoms with van der Waals surface area (Å²) in [5, 5.41) is 11.0.